The van der Waals surface area contributed by atoms with Gasteiger partial charge in [-0.25, -0.2) is 0 Å². The summed E-state index contributed by atoms with van der Waals surface area (Å²) in [5.41, 5.74) is 0. The van der Waals surface area contributed by atoms with Gasteiger partial charge in [-0.3, -0.25) is 0 Å². The molecule has 1 aliphatic carbocycles. The maximum absolute atomic E-state index is 2.67. The molecule has 1 heteroatoms. The molecule has 0 N–H and O–H groups in total. The van der Waals surface area contributed by atoms with Crippen molar-refractivity contribution in [3.63, 3.8) is 0 Å². The van der Waals surface area contributed by atoms with Crippen molar-refractivity contribution < 1.29 is 0 Å². The van der Waals surface area contributed by atoms with Gasteiger partial charge in [-0.2, -0.15) is 0 Å². The van der Waals surface area contributed by atoms with E-state index in [-0.39, 0.29) is 0 Å². The molecule has 2 bridgehead atoms. The van der Waals surface area contributed by atoms with Crippen LogP contribution in [0, 0.1) is 17.8 Å². The lowest BCUT2D eigenvalue weighted by Gasteiger charge is -2.32. The average molecular weight is 167 g/mol. The van der Waals surface area contributed by atoms with Crippen LogP contribution in [0.3, 0.4) is 0 Å². The summed E-state index contributed by atoms with van der Waals surface area (Å²) in [6.45, 7) is 9.74. The van der Waals surface area contributed by atoms with Gasteiger partial charge >= 0.3 is 0 Å². The molecule has 70 valence electrons. The first-order valence-electron chi connectivity index (χ1n) is 5.46. The van der Waals surface area contributed by atoms with E-state index < -0.39 is 0 Å². The fraction of sp³-hybridized carbons (Fsp3) is 1.00. The van der Waals surface area contributed by atoms with Crippen LogP contribution in [0.1, 0.15) is 33.6 Å². The zero-order valence-electron chi connectivity index (χ0n) is 8.59. The zero-order valence-corrected chi connectivity index (χ0v) is 8.59. The molecule has 0 amide bonds. The Labute approximate surface area is 76.1 Å². The second kappa shape index (κ2) is 3.02. The molecular weight excluding hydrogens is 146 g/mol. The van der Waals surface area contributed by atoms with E-state index in [1.165, 1.54) is 25.9 Å². The predicted octanol–water partition coefficient (Wildman–Crippen LogP) is 2.37. The molecule has 2 rings (SSSR count). The van der Waals surface area contributed by atoms with Crippen molar-refractivity contribution in [1.82, 2.24) is 4.90 Å². The fourth-order valence-corrected chi connectivity index (χ4v) is 3.29. The molecule has 3 atom stereocenters. The van der Waals surface area contributed by atoms with E-state index in [0.29, 0.717) is 0 Å². The third-order valence-corrected chi connectivity index (χ3v) is 3.97. The highest BCUT2D eigenvalue weighted by molar-refractivity contribution is 4.97. The first-order valence-corrected chi connectivity index (χ1v) is 5.46. The largest absolute Gasteiger partial charge is 0.300 e. The van der Waals surface area contributed by atoms with E-state index in [1.54, 1.807) is 0 Å². The van der Waals surface area contributed by atoms with Gasteiger partial charge in [0.15, 0.2) is 0 Å². The van der Waals surface area contributed by atoms with Gasteiger partial charge in [-0.05, 0) is 37.1 Å². The standard InChI is InChI=1S/C11H21N/c1-4-12-7-9-5-10(12)6-11(9)8(2)3/h8-11H,4-7H2,1-3H3. The number of fused-ring (bicyclic) bond motifs is 2. The second-order valence-corrected chi connectivity index (χ2v) is 4.88. The molecule has 1 aliphatic heterocycles. The van der Waals surface area contributed by atoms with Gasteiger partial charge in [-0.15, -0.1) is 0 Å². The van der Waals surface area contributed by atoms with Gasteiger partial charge in [0.05, 0.1) is 0 Å². The minimum absolute atomic E-state index is 0.916. The molecule has 0 spiro atoms. The fourth-order valence-electron chi connectivity index (χ4n) is 3.29. The molecule has 0 aromatic heterocycles. The van der Waals surface area contributed by atoms with Gasteiger partial charge in [0.1, 0.15) is 0 Å². The summed E-state index contributed by atoms with van der Waals surface area (Å²) in [7, 11) is 0. The molecule has 2 fully saturated rings. The van der Waals surface area contributed by atoms with Crippen LogP contribution in [0.5, 0.6) is 0 Å². The quantitative estimate of drug-likeness (QED) is 0.610. The third kappa shape index (κ3) is 1.19. The topological polar surface area (TPSA) is 3.24 Å². The Bertz CT molecular complexity index is 164. The SMILES string of the molecule is CCN1CC2CC1CC2C(C)C. The molecular formula is C11H21N. The van der Waals surface area contributed by atoms with Crippen molar-refractivity contribution in [3.8, 4) is 0 Å². The molecule has 3 unspecified atom stereocenters. The molecule has 0 radical (unpaired) electrons. The lowest BCUT2D eigenvalue weighted by Crippen LogP contribution is -2.36. The van der Waals surface area contributed by atoms with E-state index in [4.69, 9.17) is 0 Å². The first kappa shape index (κ1) is 8.55. The van der Waals surface area contributed by atoms with Gasteiger partial charge in [0.25, 0.3) is 0 Å². The summed E-state index contributed by atoms with van der Waals surface area (Å²) in [6.07, 6.45) is 2.98. The van der Waals surface area contributed by atoms with Crippen LogP contribution in [0.2, 0.25) is 0 Å². The van der Waals surface area contributed by atoms with Crippen LogP contribution in [-0.4, -0.2) is 24.0 Å². The normalized spacial score (nSPS) is 41.5. The number of hydrogen-bond donors (Lipinski definition) is 0. The van der Waals surface area contributed by atoms with Crippen molar-refractivity contribution in [2.75, 3.05) is 13.1 Å². The maximum atomic E-state index is 2.67. The average Bonchev–Trinajstić information content (AvgIpc) is 2.60. The minimum atomic E-state index is 0.916. The van der Waals surface area contributed by atoms with E-state index >= 15 is 0 Å². The van der Waals surface area contributed by atoms with Crippen LogP contribution < -0.4 is 0 Å². The lowest BCUT2D eigenvalue weighted by molar-refractivity contribution is 0.155. The molecule has 12 heavy (non-hydrogen) atoms. The van der Waals surface area contributed by atoms with Gasteiger partial charge in [-0.1, -0.05) is 20.8 Å². The summed E-state index contributed by atoms with van der Waals surface area (Å²) in [6, 6.07) is 0.951. The van der Waals surface area contributed by atoms with Crippen LogP contribution in [-0.2, 0) is 0 Å². The van der Waals surface area contributed by atoms with Gasteiger partial charge in [0, 0.05) is 12.6 Å². The van der Waals surface area contributed by atoms with Crippen molar-refractivity contribution in [2.45, 2.75) is 39.7 Å². The second-order valence-electron chi connectivity index (χ2n) is 4.88. The molecule has 0 aromatic rings. The maximum Gasteiger partial charge on any atom is 0.0101 e. The Morgan fingerprint density at radius 1 is 1.33 bits per heavy atom. The summed E-state index contributed by atoms with van der Waals surface area (Å²) in [5, 5.41) is 0. The Morgan fingerprint density at radius 2 is 2.08 bits per heavy atom. The van der Waals surface area contributed by atoms with E-state index in [9.17, 15) is 0 Å². The summed E-state index contributed by atoms with van der Waals surface area (Å²) in [5.74, 6) is 2.99. The smallest absolute Gasteiger partial charge is 0.0101 e. The van der Waals surface area contributed by atoms with Crippen LogP contribution in [0.4, 0.5) is 0 Å². The summed E-state index contributed by atoms with van der Waals surface area (Å²) >= 11 is 0. The summed E-state index contributed by atoms with van der Waals surface area (Å²) < 4.78 is 0. The minimum Gasteiger partial charge on any atom is -0.300 e. The van der Waals surface area contributed by atoms with Crippen molar-refractivity contribution in [1.29, 1.82) is 0 Å². The highest BCUT2D eigenvalue weighted by Crippen LogP contribution is 2.44. The van der Waals surface area contributed by atoms with E-state index in [0.717, 1.165) is 23.8 Å². The highest BCUT2D eigenvalue weighted by Gasteiger charge is 2.44. The predicted molar refractivity (Wildman–Crippen MR) is 52.1 cm³/mol. The molecule has 2 aliphatic rings. The Morgan fingerprint density at radius 3 is 2.50 bits per heavy atom. The first-order chi connectivity index (χ1) is 5.72. The van der Waals surface area contributed by atoms with Crippen LogP contribution in [0.25, 0.3) is 0 Å². The molecule has 1 nitrogen and oxygen atoms in total. The number of hydrogen-bond acceptors (Lipinski definition) is 1. The Hall–Kier alpha value is -0.0400. The third-order valence-electron chi connectivity index (χ3n) is 3.97. The van der Waals surface area contributed by atoms with Gasteiger partial charge in [0.2, 0.25) is 0 Å². The van der Waals surface area contributed by atoms with Crippen molar-refractivity contribution in [2.24, 2.45) is 17.8 Å². The molecule has 1 heterocycles. The van der Waals surface area contributed by atoms with Crippen molar-refractivity contribution in [3.05, 3.63) is 0 Å². The molecule has 0 aromatic carbocycles. The molecule has 1 saturated carbocycles. The van der Waals surface area contributed by atoms with E-state index in [1.807, 2.05) is 0 Å². The highest BCUT2D eigenvalue weighted by atomic mass is 15.2. The lowest BCUT2D eigenvalue weighted by atomic mass is 9.85. The molecule has 1 saturated heterocycles. The number of piperidine rings is 1. The monoisotopic (exact) mass is 167 g/mol. The Balaban J connectivity index is 1.98. The Kier molecular flexibility index (Phi) is 2.16. The number of likely N-dealkylation sites (tertiary alicyclic amines) is 1. The van der Waals surface area contributed by atoms with E-state index in [2.05, 4.69) is 25.7 Å². The summed E-state index contributed by atoms with van der Waals surface area (Å²) in [4.78, 5) is 2.67. The van der Waals surface area contributed by atoms with Crippen LogP contribution >= 0.6 is 0 Å². The number of nitrogens with zero attached hydrogens (tertiary/aromatic N) is 1. The number of rotatable bonds is 2. The van der Waals surface area contributed by atoms with Gasteiger partial charge < -0.3 is 4.90 Å². The van der Waals surface area contributed by atoms with Crippen LogP contribution in [0.15, 0.2) is 0 Å². The van der Waals surface area contributed by atoms with Crippen molar-refractivity contribution >= 4 is 0 Å². The zero-order chi connectivity index (χ0) is 8.72.